The van der Waals surface area contributed by atoms with Crippen LogP contribution in [0.2, 0.25) is 0 Å². The van der Waals surface area contributed by atoms with Crippen LogP contribution in [0.3, 0.4) is 0 Å². The maximum absolute atomic E-state index is 9.54. The average Bonchev–Trinajstić information content (AvgIpc) is 2.85. The highest BCUT2D eigenvalue weighted by molar-refractivity contribution is 5.68. The van der Waals surface area contributed by atoms with Gasteiger partial charge in [0.2, 0.25) is 5.95 Å². The Kier molecular flexibility index (Phi) is 7.38. The smallest absolute Gasteiger partial charge is 0.227 e. The molecule has 176 valence electrons. The van der Waals surface area contributed by atoms with E-state index in [9.17, 15) is 5.26 Å². The molecule has 34 heavy (non-hydrogen) atoms. The summed E-state index contributed by atoms with van der Waals surface area (Å²) in [4.78, 5) is 11.2. The molecule has 0 unspecified atom stereocenters. The monoisotopic (exact) mass is 458 g/mol. The lowest BCUT2D eigenvalue weighted by atomic mass is 9.94. The number of nitriles is 1. The van der Waals surface area contributed by atoms with Gasteiger partial charge < -0.3 is 20.5 Å². The van der Waals surface area contributed by atoms with E-state index in [0.29, 0.717) is 23.8 Å². The minimum Gasteiger partial charge on any atom is -0.492 e. The number of hydrogen-bond donors (Lipinski definition) is 2. The number of hydrogen-bond acceptors (Lipinski definition) is 8. The summed E-state index contributed by atoms with van der Waals surface area (Å²) in [6, 6.07) is 17.6. The molecule has 0 spiro atoms. The molecule has 0 amide bonds. The molecule has 3 N–H and O–H groups in total. The zero-order chi connectivity index (χ0) is 24.0. The van der Waals surface area contributed by atoms with Crippen molar-refractivity contribution in [3.05, 3.63) is 65.9 Å². The Labute approximate surface area is 200 Å². The van der Waals surface area contributed by atoms with Crippen molar-refractivity contribution in [2.24, 2.45) is 5.73 Å². The molecule has 1 saturated heterocycles. The summed E-state index contributed by atoms with van der Waals surface area (Å²) >= 11 is 0. The van der Waals surface area contributed by atoms with Crippen LogP contribution in [-0.4, -0.2) is 54.3 Å². The molecule has 1 aromatic heterocycles. The number of nitrogens with zero attached hydrogens (tertiary/aromatic N) is 4. The predicted octanol–water partition coefficient (Wildman–Crippen LogP) is 3.66. The van der Waals surface area contributed by atoms with Gasteiger partial charge in [0.05, 0.1) is 30.7 Å². The van der Waals surface area contributed by atoms with Gasteiger partial charge in [-0.15, -0.1) is 0 Å². The second kappa shape index (κ2) is 10.6. The van der Waals surface area contributed by atoms with E-state index in [4.69, 9.17) is 15.2 Å². The first-order valence-corrected chi connectivity index (χ1v) is 11.4. The third-order valence-electron chi connectivity index (χ3n) is 5.70. The van der Waals surface area contributed by atoms with Crippen LogP contribution in [0.25, 0.3) is 11.3 Å². The zero-order valence-electron chi connectivity index (χ0n) is 19.6. The van der Waals surface area contributed by atoms with Crippen molar-refractivity contribution in [3.63, 3.8) is 0 Å². The second-order valence-corrected chi connectivity index (χ2v) is 8.82. The lowest BCUT2D eigenvalue weighted by Gasteiger charge is -2.26. The molecular formula is C26H30N6O2. The van der Waals surface area contributed by atoms with Crippen LogP contribution in [0.4, 0.5) is 11.6 Å². The number of aromatic nitrogens is 2. The lowest BCUT2D eigenvalue weighted by molar-refractivity contribution is 0.0322. The molecule has 8 heteroatoms. The summed E-state index contributed by atoms with van der Waals surface area (Å²) in [6.45, 7) is 8.91. The molecular weight excluding hydrogens is 428 g/mol. The predicted molar refractivity (Wildman–Crippen MR) is 132 cm³/mol. The molecule has 0 atom stereocenters. The Balaban J connectivity index is 1.41. The van der Waals surface area contributed by atoms with E-state index in [-0.39, 0.29) is 0 Å². The van der Waals surface area contributed by atoms with Gasteiger partial charge in [0.25, 0.3) is 0 Å². The highest BCUT2D eigenvalue weighted by atomic mass is 16.5. The van der Waals surface area contributed by atoms with Crippen molar-refractivity contribution < 1.29 is 9.47 Å². The largest absolute Gasteiger partial charge is 0.492 e. The van der Waals surface area contributed by atoms with Gasteiger partial charge >= 0.3 is 0 Å². The van der Waals surface area contributed by atoms with Gasteiger partial charge in [0.15, 0.2) is 0 Å². The first-order valence-electron chi connectivity index (χ1n) is 11.4. The number of anilines is 2. The third kappa shape index (κ3) is 6.08. The van der Waals surface area contributed by atoms with Crippen molar-refractivity contribution in [1.82, 2.24) is 14.9 Å². The molecule has 1 aliphatic heterocycles. The van der Waals surface area contributed by atoms with E-state index in [1.807, 2.05) is 62.4 Å². The lowest BCUT2D eigenvalue weighted by Crippen LogP contribution is -2.38. The quantitative estimate of drug-likeness (QED) is 0.526. The summed E-state index contributed by atoms with van der Waals surface area (Å²) in [5.41, 5.74) is 9.40. The molecule has 1 fully saturated rings. The minimum atomic E-state index is -0.437. The summed E-state index contributed by atoms with van der Waals surface area (Å²) in [7, 11) is 0. The van der Waals surface area contributed by atoms with E-state index < -0.39 is 5.54 Å². The van der Waals surface area contributed by atoms with Crippen molar-refractivity contribution >= 4 is 11.6 Å². The molecule has 0 radical (unpaired) electrons. The summed E-state index contributed by atoms with van der Waals surface area (Å²) in [5, 5.41) is 12.7. The SMILES string of the molecule is CC(C)(N)c1ccc(-c2nc(Nc3ccc(OCCN4CCOCC4)cc3)ncc2C#N)cc1. The summed E-state index contributed by atoms with van der Waals surface area (Å²) in [5.74, 6) is 1.22. The number of ether oxygens (including phenoxy) is 2. The highest BCUT2D eigenvalue weighted by Gasteiger charge is 2.15. The van der Waals surface area contributed by atoms with E-state index in [1.54, 1.807) is 0 Å². The maximum atomic E-state index is 9.54. The first-order chi connectivity index (χ1) is 16.4. The molecule has 1 aliphatic rings. The Morgan fingerprint density at radius 2 is 1.82 bits per heavy atom. The van der Waals surface area contributed by atoms with Gasteiger partial charge in [-0.2, -0.15) is 5.26 Å². The van der Waals surface area contributed by atoms with Crippen molar-refractivity contribution in [2.75, 3.05) is 44.8 Å². The number of rotatable bonds is 8. The average molecular weight is 459 g/mol. The molecule has 8 nitrogen and oxygen atoms in total. The topological polar surface area (TPSA) is 109 Å². The highest BCUT2D eigenvalue weighted by Crippen LogP contribution is 2.26. The number of nitrogens with two attached hydrogens (primary N) is 1. The fourth-order valence-corrected chi connectivity index (χ4v) is 3.68. The van der Waals surface area contributed by atoms with Crippen LogP contribution in [-0.2, 0) is 10.3 Å². The van der Waals surface area contributed by atoms with Gasteiger partial charge in [-0.25, -0.2) is 9.97 Å². The maximum Gasteiger partial charge on any atom is 0.227 e. The standard InChI is InChI=1S/C26H30N6O2/c1-26(2,28)21-5-3-19(4-6-21)24-20(17-27)18-29-25(31-24)30-22-7-9-23(10-8-22)34-16-13-32-11-14-33-15-12-32/h3-10,18H,11-16,28H2,1-2H3,(H,29,30,31). The van der Waals surface area contributed by atoms with Gasteiger partial charge in [-0.1, -0.05) is 24.3 Å². The van der Waals surface area contributed by atoms with E-state index in [2.05, 4.69) is 26.3 Å². The third-order valence-corrected chi connectivity index (χ3v) is 5.70. The van der Waals surface area contributed by atoms with Crippen LogP contribution < -0.4 is 15.8 Å². The van der Waals surface area contributed by atoms with E-state index in [0.717, 1.165) is 55.4 Å². The van der Waals surface area contributed by atoms with Crippen molar-refractivity contribution in [3.8, 4) is 23.1 Å². The molecule has 4 rings (SSSR count). The molecule has 2 aromatic carbocycles. The van der Waals surface area contributed by atoms with Crippen LogP contribution in [0.1, 0.15) is 25.0 Å². The Morgan fingerprint density at radius 3 is 2.47 bits per heavy atom. The van der Waals surface area contributed by atoms with Crippen molar-refractivity contribution in [1.29, 1.82) is 5.26 Å². The van der Waals surface area contributed by atoms with E-state index in [1.165, 1.54) is 6.20 Å². The van der Waals surface area contributed by atoms with Crippen LogP contribution in [0, 0.1) is 11.3 Å². The number of benzene rings is 2. The molecule has 0 saturated carbocycles. The molecule has 0 aliphatic carbocycles. The Morgan fingerprint density at radius 1 is 1.12 bits per heavy atom. The summed E-state index contributed by atoms with van der Waals surface area (Å²) in [6.07, 6.45) is 1.54. The fourth-order valence-electron chi connectivity index (χ4n) is 3.68. The normalized spacial score (nSPS) is 14.4. The molecule has 0 bridgehead atoms. The van der Waals surface area contributed by atoms with Crippen LogP contribution >= 0.6 is 0 Å². The zero-order valence-corrected chi connectivity index (χ0v) is 19.6. The van der Waals surface area contributed by atoms with Gasteiger partial charge in [0.1, 0.15) is 18.4 Å². The van der Waals surface area contributed by atoms with Crippen LogP contribution in [0.15, 0.2) is 54.7 Å². The van der Waals surface area contributed by atoms with Crippen molar-refractivity contribution in [2.45, 2.75) is 19.4 Å². The van der Waals surface area contributed by atoms with Gasteiger partial charge in [-0.05, 0) is 43.7 Å². The fraction of sp³-hybridized carbons (Fsp3) is 0.346. The number of nitrogens with one attached hydrogen (secondary N) is 1. The number of morpholine rings is 1. The van der Waals surface area contributed by atoms with E-state index >= 15 is 0 Å². The van der Waals surface area contributed by atoms with Gasteiger partial charge in [0, 0.05) is 36.4 Å². The molecule has 2 heterocycles. The van der Waals surface area contributed by atoms with Gasteiger partial charge in [-0.3, -0.25) is 4.90 Å². The molecule has 3 aromatic rings. The second-order valence-electron chi connectivity index (χ2n) is 8.82. The summed E-state index contributed by atoms with van der Waals surface area (Å²) < 4.78 is 11.2. The Bertz CT molecular complexity index is 1130. The first kappa shape index (κ1) is 23.6. The minimum absolute atomic E-state index is 0.411. The Hall–Kier alpha value is -3.51. The van der Waals surface area contributed by atoms with Crippen LogP contribution in [0.5, 0.6) is 5.75 Å².